The molecule has 7 heavy (non-hydrogen) atoms. The molecule has 4 nitrogen and oxygen atoms in total. The summed E-state index contributed by atoms with van der Waals surface area (Å²) in [5.41, 5.74) is 0. The molecule has 0 atom stereocenters. The zero-order chi connectivity index (χ0) is 4.50. The molecular weight excluding hydrogens is 178 g/mol. The van der Waals surface area contributed by atoms with Crippen LogP contribution in [0.4, 0.5) is 0 Å². The minimum absolute atomic E-state index is 0. The van der Waals surface area contributed by atoms with E-state index in [1.165, 1.54) is 0 Å². The van der Waals surface area contributed by atoms with Gasteiger partial charge >= 0.3 is 39.5 Å². The fraction of sp³-hybridized carbons (Fsp3) is 0. The third-order valence-corrected chi connectivity index (χ3v) is 0. The standard InChI is InChI=1S/Mg.Ni.H3O4P/c;;1-5(2,3)4/h;;(H3,1,2,3,4)/q2*+2;/p-3. The fourth-order valence-electron chi connectivity index (χ4n) is 0. The van der Waals surface area contributed by atoms with Gasteiger partial charge in [-0.1, -0.05) is 0 Å². The first kappa shape index (κ1) is 15.8. The maximum atomic E-state index is 8.55. The molecule has 0 saturated carbocycles. The van der Waals surface area contributed by atoms with Crippen LogP contribution in [0.1, 0.15) is 0 Å². The van der Waals surface area contributed by atoms with E-state index < -0.39 is 7.82 Å². The molecule has 0 rings (SSSR count). The molecule has 0 heterocycles. The van der Waals surface area contributed by atoms with Crippen molar-refractivity contribution in [1.29, 1.82) is 0 Å². The minimum Gasteiger partial charge on any atom is -0.822 e. The molecule has 0 spiro atoms. The SMILES string of the molecule is O=P([O-])([O-])[O-].[Mg+2].[Ni+2]. The smallest absolute Gasteiger partial charge is 0.822 e. The second-order valence-corrected chi connectivity index (χ2v) is 1.34. The van der Waals surface area contributed by atoms with Gasteiger partial charge in [-0.25, -0.2) is 0 Å². The number of phosphoric acid groups is 1. The van der Waals surface area contributed by atoms with Gasteiger partial charge in [0.2, 0.25) is 0 Å². The Kier molecular flexibility index (Phi) is 12.4. The molecule has 0 aliphatic rings. The van der Waals surface area contributed by atoms with Gasteiger partial charge in [0.15, 0.2) is 0 Å². The van der Waals surface area contributed by atoms with E-state index in [1.54, 1.807) is 0 Å². The van der Waals surface area contributed by atoms with Crippen molar-refractivity contribution in [2.75, 3.05) is 0 Å². The molecular formula is MgNiO4P+. The predicted octanol–water partition coefficient (Wildman–Crippen LogP) is -3.21. The quantitative estimate of drug-likeness (QED) is 0.288. The fourth-order valence-corrected chi connectivity index (χ4v) is 0. The molecule has 0 aromatic carbocycles. The summed E-state index contributed by atoms with van der Waals surface area (Å²) in [7, 11) is -5.39. The Balaban J connectivity index is -0.0000000800. The van der Waals surface area contributed by atoms with E-state index in [2.05, 4.69) is 0 Å². The first-order chi connectivity index (χ1) is 2.00. The average Bonchev–Trinajstić information content (AvgIpc) is 0.722. The predicted molar refractivity (Wildman–Crippen MR) is 13.4 cm³/mol. The van der Waals surface area contributed by atoms with E-state index in [4.69, 9.17) is 19.2 Å². The van der Waals surface area contributed by atoms with Gasteiger partial charge in [-0.2, -0.15) is 7.82 Å². The van der Waals surface area contributed by atoms with E-state index in [1.807, 2.05) is 0 Å². The average molecular weight is 178 g/mol. The summed E-state index contributed by atoms with van der Waals surface area (Å²) < 4.78 is 8.55. The van der Waals surface area contributed by atoms with Crippen molar-refractivity contribution in [3.8, 4) is 0 Å². The van der Waals surface area contributed by atoms with E-state index in [9.17, 15) is 0 Å². The van der Waals surface area contributed by atoms with Crippen LogP contribution in [0.25, 0.3) is 0 Å². The van der Waals surface area contributed by atoms with Crippen molar-refractivity contribution in [3.63, 3.8) is 0 Å². The monoisotopic (exact) mass is 177 g/mol. The molecule has 0 fully saturated rings. The van der Waals surface area contributed by atoms with Crippen molar-refractivity contribution in [2.24, 2.45) is 0 Å². The second-order valence-electron chi connectivity index (χ2n) is 0.447. The molecule has 0 aliphatic heterocycles. The van der Waals surface area contributed by atoms with Crippen molar-refractivity contribution in [2.45, 2.75) is 0 Å². The van der Waals surface area contributed by atoms with Gasteiger partial charge in [0.1, 0.15) is 0 Å². The van der Waals surface area contributed by atoms with Crippen molar-refractivity contribution >= 4 is 30.9 Å². The van der Waals surface area contributed by atoms with Crippen molar-refractivity contribution in [1.82, 2.24) is 0 Å². The molecule has 40 valence electrons. The summed E-state index contributed by atoms with van der Waals surface area (Å²) >= 11 is 0. The summed E-state index contributed by atoms with van der Waals surface area (Å²) in [6.45, 7) is 0. The van der Waals surface area contributed by atoms with Gasteiger partial charge in [0.25, 0.3) is 0 Å². The Morgan fingerprint density at radius 2 is 1.14 bits per heavy atom. The molecule has 0 N–H and O–H groups in total. The maximum absolute atomic E-state index is 8.55. The van der Waals surface area contributed by atoms with Crippen LogP contribution >= 0.6 is 7.82 Å². The van der Waals surface area contributed by atoms with E-state index in [0.717, 1.165) is 0 Å². The summed E-state index contributed by atoms with van der Waals surface area (Å²) in [6, 6.07) is 0. The summed E-state index contributed by atoms with van der Waals surface area (Å²) in [5.74, 6) is 0. The Labute approximate surface area is 66.6 Å². The molecule has 0 aliphatic carbocycles. The first-order valence-electron chi connectivity index (χ1n) is 0.730. The Hall–Kier alpha value is 1.37. The molecule has 0 unspecified atom stereocenters. The van der Waals surface area contributed by atoms with Crippen LogP contribution in [0, 0.1) is 0 Å². The van der Waals surface area contributed by atoms with Crippen LogP contribution in [0.3, 0.4) is 0 Å². The van der Waals surface area contributed by atoms with Crippen molar-refractivity contribution < 1.29 is 35.7 Å². The zero-order valence-corrected chi connectivity index (χ0v) is 6.40. The molecule has 0 aromatic rings. The van der Waals surface area contributed by atoms with Crippen molar-refractivity contribution in [3.05, 3.63) is 0 Å². The summed E-state index contributed by atoms with van der Waals surface area (Å²) in [5, 5.41) is 0. The Bertz CT molecular complexity index is 57.8. The number of hydrogen-bond donors (Lipinski definition) is 0. The summed E-state index contributed by atoms with van der Waals surface area (Å²) in [4.78, 5) is 25.6. The van der Waals surface area contributed by atoms with Crippen LogP contribution in [-0.2, 0) is 21.1 Å². The third-order valence-electron chi connectivity index (χ3n) is 0. The van der Waals surface area contributed by atoms with E-state index in [0.29, 0.717) is 0 Å². The summed E-state index contributed by atoms with van der Waals surface area (Å²) in [6.07, 6.45) is 0. The van der Waals surface area contributed by atoms with E-state index >= 15 is 0 Å². The zero-order valence-electron chi connectivity index (χ0n) is 3.10. The van der Waals surface area contributed by atoms with Crippen LogP contribution in [0.2, 0.25) is 0 Å². The maximum Gasteiger partial charge on any atom is 2.00 e. The largest absolute Gasteiger partial charge is 2.00 e. The van der Waals surface area contributed by atoms with E-state index in [-0.39, 0.29) is 39.5 Å². The minimum atomic E-state index is -5.39. The number of rotatable bonds is 0. The molecule has 0 radical (unpaired) electrons. The van der Waals surface area contributed by atoms with Gasteiger partial charge < -0.3 is 19.2 Å². The normalized spacial score (nSPS) is 8.43. The number of hydrogen-bond acceptors (Lipinski definition) is 4. The third kappa shape index (κ3) is 113. The van der Waals surface area contributed by atoms with Gasteiger partial charge in [0.05, 0.1) is 0 Å². The van der Waals surface area contributed by atoms with Gasteiger partial charge in [-0.15, -0.1) is 0 Å². The van der Waals surface area contributed by atoms with Gasteiger partial charge in [-0.05, 0) is 0 Å². The van der Waals surface area contributed by atoms with Crippen LogP contribution in [-0.4, -0.2) is 23.1 Å². The molecule has 0 bridgehead atoms. The Morgan fingerprint density at radius 1 is 1.14 bits per heavy atom. The molecule has 7 heteroatoms. The van der Waals surface area contributed by atoms with Gasteiger partial charge in [0, 0.05) is 0 Å². The topological polar surface area (TPSA) is 86.2 Å². The second kappa shape index (κ2) is 5.51. The van der Waals surface area contributed by atoms with Crippen LogP contribution < -0.4 is 14.7 Å². The molecule has 0 aromatic heterocycles. The molecule has 0 saturated heterocycles. The van der Waals surface area contributed by atoms with Crippen LogP contribution in [0.15, 0.2) is 0 Å². The molecule has 0 amide bonds. The first-order valence-corrected chi connectivity index (χ1v) is 2.19. The van der Waals surface area contributed by atoms with Crippen LogP contribution in [0.5, 0.6) is 0 Å². The Morgan fingerprint density at radius 3 is 1.14 bits per heavy atom. The van der Waals surface area contributed by atoms with Gasteiger partial charge in [-0.3, -0.25) is 0 Å².